The summed E-state index contributed by atoms with van der Waals surface area (Å²) in [5.74, 6) is 1.72. The quantitative estimate of drug-likeness (QED) is 0.205. The molecule has 0 radical (unpaired) electrons. The first-order chi connectivity index (χ1) is 21.3. The molecule has 0 aliphatic rings. The number of pyridine rings is 1. The number of hydrogen-bond acceptors (Lipinski definition) is 5. The summed E-state index contributed by atoms with van der Waals surface area (Å²) in [4.78, 5) is 20.1. The van der Waals surface area contributed by atoms with Crippen molar-refractivity contribution in [2.24, 2.45) is 0 Å². The Hall–Kier alpha value is -5.94. The van der Waals surface area contributed by atoms with Gasteiger partial charge in [-0.1, -0.05) is 103 Å². The zero-order valence-corrected chi connectivity index (χ0v) is 22.9. The highest BCUT2D eigenvalue weighted by atomic mass is 16.3. The van der Waals surface area contributed by atoms with Gasteiger partial charge in [0.05, 0.1) is 11.1 Å². The molecule has 0 aliphatic carbocycles. The van der Waals surface area contributed by atoms with Crippen molar-refractivity contribution in [3.63, 3.8) is 0 Å². The molecule has 5 heteroatoms. The Kier molecular flexibility index (Phi) is 5.13. The molecule has 0 N–H and O–H groups in total. The van der Waals surface area contributed by atoms with Gasteiger partial charge in [0.1, 0.15) is 11.2 Å². The summed E-state index contributed by atoms with van der Waals surface area (Å²) in [7, 11) is 0. The van der Waals surface area contributed by atoms with Gasteiger partial charge in [-0.05, 0) is 40.4 Å². The summed E-state index contributed by atoms with van der Waals surface area (Å²) >= 11 is 0. The molecular weight excluding hydrogens is 528 g/mol. The Morgan fingerprint density at radius 2 is 1.02 bits per heavy atom. The van der Waals surface area contributed by atoms with Crippen LogP contribution in [0.15, 0.2) is 138 Å². The summed E-state index contributed by atoms with van der Waals surface area (Å²) in [6, 6.07) is 43.4. The van der Waals surface area contributed by atoms with E-state index in [0.717, 1.165) is 65.7 Å². The highest BCUT2D eigenvalue weighted by Crippen LogP contribution is 2.38. The lowest BCUT2D eigenvalue weighted by atomic mass is 9.97. The first kappa shape index (κ1) is 23.7. The van der Waals surface area contributed by atoms with Crippen LogP contribution in [0.25, 0.3) is 88.5 Å². The molecule has 0 saturated heterocycles. The van der Waals surface area contributed by atoms with Gasteiger partial charge in [0.15, 0.2) is 17.5 Å². The first-order valence-corrected chi connectivity index (χ1v) is 14.2. The van der Waals surface area contributed by atoms with Gasteiger partial charge in [-0.15, -0.1) is 0 Å². The molecule has 43 heavy (non-hydrogen) atoms. The molecule has 0 amide bonds. The van der Waals surface area contributed by atoms with Gasteiger partial charge < -0.3 is 4.42 Å². The van der Waals surface area contributed by atoms with Crippen LogP contribution in [0.5, 0.6) is 0 Å². The summed E-state index contributed by atoms with van der Waals surface area (Å²) in [5, 5.41) is 7.69. The third-order valence-corrected chi connectivity index (χ3v) is 8.16. The lowest BCUT2D eigenvalue weighted by Gasteiger charge is -2.12. The molecule has 0 spiro atoms. The first-order valence-electron chi connectivity index (χ1n) is 14.2. The second-order valence-corrected chi connectivity index (χ2v) is 10.7. The van der Waals surface area contributed by atoms with E-state index in [9.17, 15) is 0 Å². The fraction of sp³-hybridized carbons (Fsp3) is 0. The van der Waals surface area contributed by atoms with Crippen molar-refractivity contribution < 1.29 is 4.42 Å². The van der Waals surface area contributed by atoms with Crippen molar-refractivity contribution in [1.82, 2.24) is 19.9 Å². The van der Waals surface area contributed by atoms with Gasteiger partial charge in [-0.25, -0.2) is 15.0 Å². The van der Waals surface area contributed by atoms with Crippen molar-refractivity contribution in [1.29, 1.82) is 0 Å². The molecule has 0 saturated carbocycles. The van der Waals surface area contributed by atoms with Crippen LogP contribution in [-0.4, -0.2) is 19.9 Å². The topological polar surface area (TPSA) is 64.7 Å². The van der Waals surface area contributed by atoms with Crippen molar-refractivity contribution in [3.05, 3.63) is 134 Å². The second-order valence-electron chi connectivity index (χ2n) is 10.7. The summed E-state index contributed by atoms with van der Waals surface area (Å²) in [6.07, 6.45) is 1.81. The molecule has 9 rings (SSSR count). The molecule has 0 fully saturated rings. The standard InChI is InChI=1S/C38H22N4O/c1-2-13-26-23(9-1)20-21-24-10-5-16-29(33(24)26)36-40-37(30-17-6-11-25-12-8-22-39-34(25)30)42-38(41-36)31-18-7-15-28-27-14-3-4-19-32(27)43-35(28)31/h1-22H. The monoisotopic (exact) mass is 550 g/mol. The van der Waals surface area contributed by atoms with Crippen LogP contribution >= 0.6 is 0 Å². The van der Waals surface area contributed by atoms with Gasteiger partial charge in [0.25, 0.3) is 0 Å². The molecule has 0 unspecified atom stereocenters. The second kappa shape index (κ2) is 9.29. The molecule has 3 aromatic heterocycles. The minimum absolute atomic E-state index is 0.551. The molecule has 200 valence electrons. The number of benzene rings is 6. The van der Waals surface area contributed by atoms with E-state index in [-0.39, 0.29) is 0 Å². The SMILES string of the molecule is c1cnc2c(-c3nc(-c4cccc5c4oc4ccccc45)nc(-c4cccc5ccc6ccccc6c45)n3)cccc2c1. The Morgan fingerprint density at radius 3 is 1.93 bits per heavy atom. The van der Waals surface area contributed by atoms with E-state index >= 15 is 0 Å². The van der Waals surface area contributed by atoms with Crippen molar-refractivity contribution in [2.75, 3.05) is 0 Å². The molecule has 6 aromatic carbocycles. The third-order valence-electron chi connectivity index (χ3n) is 8.16. The highest BCUT2D eigenvalue weighted by Gasteiger charge is 2.20. The molecule has 5 nitrogen and oxygen atoms in total. The summed E-state index contributed by atoms with van der Waals surface area (Å²) < 4.78 is 6.41. The molecule has 0 aliphatic heterocycles. The molecule has 0 atom stereocenters. The highest BCUT2D eigenvalue weighted by molar-refractivity contribution is 6.14. The minimum atomic E-state index is 0.551. The number of furan rings is 1. The average Bonchev–Trinajstić information content (AvgIpc) is 3.46. The Bertz CT molecular complexity index is 2530. The van der Waals surface area contributed by atoms with Crippen LogP contribution < -0.4 is 0 Å². The number of rotatable bonds is 3. The van der Waals surface area contributed by atoms with E-state index in [1.54, 1.807) is 6.20 Å². The normalized spacial score (nSPS) is 11.7. The van der Waals surface area contributed by atoms with E-state index in [1.165, 1.54) is 5.39 Å². The van der Waals surface area contributed by atoms with Crippen molar-refractivity contribution >= 4 is 54.4 Å². The predicted octanol–water partition coefficient (Wildman–Crippen LogP) is 9.63. The number of para-hydroxylation sites is 3. The summed E-state index contributed by atoms with van der Waals surface area (Å²) in [5.41, 5.74) is 5.05. The molecule has 3 heterocycles. The predicted molar refractivity (Wildman–Crippen MR) is 174 cm³/mol. The zero-order chi connectivity index (χ0) is 28.3. The van der Waals surface area contributed by atoms with E-state index < -0.39 is 0 Å². The minimum Gasteiger partial charge on any atom is -0.455 e. The maximum Gasteiger partial charge on any atom is 0.167 e. The van der Waals surface area contributed by atoms with Crippen molar-refractivity contribution in [3.8, 4) is 34.2 Å². The van der Waals surface area contributed by atoms with Crippen LogP contribution in [0.2, 0.25) is 0 Å². The molecule has 9 aromatic rings. The largest absolute Gasteiger partial charge is 0.455 e. The number of fused-ring (bicyclic) bond motifs is 7. The number of aromatic nitrogens is 4. The fourth-order valence-corrected chi connectivity index (χ4v) is 6.19. The van der Waals surface area contributed by atoms with Crippen LogP contribution in [0.1, 0.15) is 0 Å². The van der Waals surface area contributed by atoms with E-state index in [4.69, 9.17) is 24.4 Å². The van der Waals surface area contributed by atoms with Gasteiger partial charge in [-0.3, -0.25) is 4.98 Å². The van der Waals surface area contributed by atoms with Gasteiger partial charge >= 0.3 is 0 Å². The van der Waals surface area contributed by atoms with Crippen LogP contribution in [-0.2, 0) is 0 Å². The Labute approximate surface area is 246 Å². The summed E-state index contributed by atoms with van der Waals surface area (Å²) in [6.45, 7) is 0. The van der Waals surface area contributed by atoms with Gasteiger partial charge in [0.2, 0.25) is 0 Å². The maximum absolute atomic E-state index is 6.41. The fourth-order valence-electron chi connectivity index (χ4n) is 6.19. The number of nitrogens with zero attached hydrogens (tertiary/aromatic N) is 4. The lowest BCUT2D eigenvalue weighted by molar-refractivity contribution is 0.669. The third kappa shape index (κ3) is 3.72. The Morgan fingerprint density at radius 1 is 0.419 bits per heavy atom. The van der Waals surface area contributed by atoms with E-state index in [2.05, 4.69) is 78.9 Å². The number of hydrogen-bond donors (Lipinski definition) is 0. The van der Waals surface area contributed by atoms with Crippen LogP contribution in [0.4, 0.5) is 0 Å². The smallest absolute Gasteiger partial charge is 0.167 e. The van der Waals surface area contributed by atoms with Crippen LogP contribution in [0.3, 0.4) is 0 Å². The van der Waals surface area contributed by atoms with Gasteiger partial charge in [0, 0.05) is 38.9 Å². The van der Waals surface area contributed by atoms with Crippen molar-refractivity contribution in [2.45, 2.75) is 0 Å². The van der Waals surface area contributed by atoms with E-state index in [1.807, 2.05) is 48.5 Å². The lowest BCUT2D eigenvalue weighted by Crippen LogP contribution is -2.01. The van der Waals surface area contributed by atoms with Gasteiger partial charge in [-0.2, -0.15) is 0 Å². The zero-order valence-electron chi connectivity index (χ0n) is 22.9. The maximum atomic E-state index is 6.41. The van der Waals surface area contributed by atoms with Crippen LogP contribution in [0, 0.1) is 0 Å². The molecule has 0 bridgehead atoms. The molecular formula is C38H22N4O. The Balaban J connectivity index is 1.39. The van der Waals surface area contributed by atoms with E-state index in [0.29, 0.717) is 17.5 Å². The average molecular weight is 551 g/mol.